The van der Waals surface area contributed by atoms with Crippen LogP contribution in [0.25, 0.3) is 0 Å². The molecule has 0 bridgehead atoms. The largest absolute Gasteiger partial charge is 0.493 e. The van der Waals surface area contributed by atoms with Gasteiger partial charge in [-0.1, -0.05) is 23.9 Å². The minimum Gasteiger partial charge on any atom is -0.493 e. The molecular formula is C29H36N4O5S. The molecule has 9 nitrogen and oxygen atoms in total. The normalized spacial score (nSPS) is 19.6. The number of benzene rings is 2. The molecule has 2 aromatic rings. The second-order valence-electron chi connectivity index (χ2n) is 9.90. The van der Waals surface area contributed by atoms with Gasteiger partial charge in [-0.15, -0.1) is 0 Å². The van der Waals surface area contributed by atoms with E-state index in [4.69, 9.17) is 19.3 Å². The van der Waals surface area contributed by atoms with Gasteiger partial charge in [0.2, 0.25) is 0 Å². The standard InChI is InChI=1S/C29H36N4O5S/c1-3-37-28(34)33(27-9-6-16-30-27)22-13-10-20(11-14-22)18-32-29(35)39-19-24(31-32)21-12-15-25(36-2)26(17-21)38-23-7-4-5-8-23/h10-15,17,23,27,30H,3-9,16,18-19H2,1-2H3. The van der Waals surface area contributed by atoms with Gasteiger partial charge in [0.25, 0.3) is 0 Å². The Bertz CT molecular complexity index is 1190. The Morgan fingerprint density at radius 2 is 1.90 bits per heavy atom. The highest BCUT2D eigenvalue weighted by Crippen LogP contribution is 2.34. The quantitative estimate of drug-likeness (QED) is 0.423. The first kappa shape index (κ1) is 27.3. The van der Waals surface area contributed by atoms with Crippen molar-refractivity contribution < 1.29 is 23.8 Å². The highest BCUT2D eigenvalue weighted by Gasteiger charge is 2.29. The molecule has 1 saturated carbocycles. The molecular weight excluding hydrogens is 516 g/mol. The van der Waals surface area contributed by atoms with Gasteiger partial charge in [-0.05, 0) is 87.9 Å². The van der Waals surface area contributed by atoms with Gasteiger partial charge in [-0.3, -0.25) is 15.0 Å². The molecule has 0 spiro atoms. The van der Waals surface area contributed by atoms with E-state index in [0.29, 0.717) is 24.7 Å². The minimum atomic E-state index is -0.364. The number of rotatable bonds is 9. The fourth-order valence-electron chi connectivity index (χ4n) is 5.22. The number of hydrazone groups is 1. The van der Waals surface area contributed by atoms with E-state index in [9.17, 15) is 9.59 Å². The van der Waals surface area contributed by atoms with Crippen LogP contribution in [-0.4, -0.2) is 60.3 Å². The molecule has 2 heterocycles. The van der Waals surface area contributed by atoms with Crippen molar-refractivity contribution in [3.63, 3.8) is 0 Å². The number of ether oxygens (including phenoxy) is 3. The molecule has 1 aliphatic carbocycles. The molecule has 1 atom stereocenters. The number of methoxy groups -OCH3 is 1. The molecule has 1 N–H and O–H groups in total. The second kappa shape index (κ2) is 12.7. The van der Waals surface area contributed by atoms with Crippen LogP contribution in [0.4, 0.5) is 15.3 Å². The summed E-state index contributed by atoms with van der Waals surface area (Å²) < 4.78 is 17.1. The van der Waals surface area contributed by atoms with Gasteiger partial charge in [-0.25, -0.2) is 9.80 Å². The Hall–Kier alpha value is -3.24. The van der Waals surface area contributed by atoms with Crippen LogP contribution in [0.5, 0.6) is 11.5 Å². The lowest BCUT2D eigenvalue weighted by Crippen LogP contribution is -2.46. The van der Waals surface area contributed by atoms with E-state index in [1.54, 1.807) is 18.9 Å². The van der Waals surface area contributed by atoms with E-state index in [0.717, 1.165) is 60.5 Å². The van der Waals surface area contributed by atoms with Crippen molar-refractivity contribution in [3.8, 4) is 11.5 Å². The van der Waals surface area contributed by atoms with Crippen LogP contribution in [-0.2, 0) is 11.3 Å². The Labute approximate surface area is 233 Å². The third-order valence-electron chi connectivity index (χ3n) is 7.23. The van der Waals surface area contributed by atoms with Crippen LogP contribution < -0.4 is 19.7 Å². The molecule has 0 radical (unpaired) electrons. The summed E-state index contributed by atoms with van der Waals surface area (Å²) in [6, 6.07) is 13.5. The molecule has 39 heavy (non-hydrogen) atoms. The van der Waals surface area contributed by atoms with E-state index in [-0.39, 0.29) is 23.6 Å². The highest BCUT2D eigenvalue weighted by molar-refractivity contribution is 8.14. The minimum absolute atomic E-state index is 0.0887. The maximum atomic E-state index is 12.7. The first-order chi connectivity index (χ1) is 19.1. The van der Waals surface area contributed by atoms with Crippen LogP contribution in [0.15, 0.2) is 47.6 Å². The summed E-state index contributed by atoms with van der Waals surface area (Å²) >= 11 is 1.24. The van der Waals surface area contributed by atoms with Crippen LogP contribution in [0, 0.1) is 0 Å². The fraction of sp³-hybridized carbons (Fsp3) is 0.483. The van der Waals surface area contributed by atoms with E-state index in [1.807, 2.05) is 42.5 Å². The van der Waals surface area contributed by atoms with Gasteiger partial charge in [0.15, 0.2) is 11.5 Å². The molecule has 208 valence electrons. The third-order valence-corrected chi connectivity index (χ3v) is 8.11. The Balaban J connectivity index is 1.32. The summed E-state index contributed by atoms with van der Waals surface area (Å²) in [5.74, 6) is 1.91. The lowest BCUT2D eigenvalue weighted by molar-refractivity contribution is 0.156. The predicted octanol–water partition coefficient (Wildman–Crippen LogP) is 5.76. The molecule has 1 saturated heterocycles. The number of thioether (sulfide) groups is 1. The van der Waals surface area contributed by atoms with Gasteiger partial charge >= 0.3 is 11.3 Å². The molecule has 2 amide bonds. The summed E-state index contributed by atoms with van der Waals surface area (Å²) in [6.07, 6.45) is 6.12. The lowest BCUT2D eigenvalue weighted by atomic mass is 10.1. The molecule has 3 aliphatic rings. The number of nitrogens with zero attached hydrogens (tertiary/aromatic N) is 3. The van der Waals surface area contributed by atoms with E-state index < -0.39 is 0 Å². The molecule has 1 unspecified atom stereocenters. The van der Waals surface area contributed by atoms with E-state index >= 15 is 0 Å². The maximum Gasteiger partial charge on any atom is 0.415 e. The number of hydrogen-bond donors (Lipinski definition) is 1. The first-order valence-corrected chi connectivity index (χ1v) is 14.7. The predicted molar refractivity (Wildman–Crippen MR) is 153 cm³/mol. The number of hydrogen-bond acceptors (Lipinski definition) is 8. The number of amides is 2. The second-order valence-corrected chi connectivity index (χ2v) is 10.8. The summed E-state index contributed by atoms with van der Waals surface area (Å²) in [5, 5.41) is 9.49. The SMILES string of the molecule is CCOC(=O)N(c1ccc(CN2N=C(c3ccc(OC)c(OC4CCCC4)c3)CSC2=O)cc1)C1CCCN1. The smallest absolute Gasteiger partial charge is 0.415 e. The first-order valence-electron chi connectivity index (χ1n) is 13.7. The molecule has 2 fully saturated rings. The monoisotopic (exact) mass is 552 g/mol. The summed E-state index contributed by atoms with van der Waals surface area (Å²) in [6.45, 7) is 3.32. The fourth-order valence-corrected chi connectivity index (χ4v) is 5.96. The maximum absolute atomic E-state index is 12.7. The molecule has 2 aliphatic heterocycles. The molecule has 5 rings (SSSR count). The molecule has 0 aromatic heterocycles. The molecule has 2 aromatic carbocycles. The van der Waals surface area contributed by atoms with Crippen LogP contribution >= 0.6 is 11.8 Å². The van der Waals surface area contributed by atoms with Gasteiger partial charge in [0.05, 0.1) is 38.2 Å². The third kappa shape index (κ3) is 6.50. The number of anilines is 1. The van der Waals surface area contributed by atoms with Crippen LogP contribution in [0.2, 0.25) is 0 Å². The van der Waals surface area contributed by atoms with E-state index in [2.05, 4.69) is 5.32 Å². The van der Waals surface area contributed by atoms with Gasteiger partial charge < -0.3 is 14.2 Å². The van der Waals surface area contributed by atoms with Crippen molar-refractivity contribution in [1.82, 2.24) is 10.3 Å². The molecule has 10 heteroatoms. The Morgan fingerprint density at radius 3 is 2.59 bits per heavy atom. The summed E-state index contributed by atoms with van der Waals surface area (Å²) in [4.78, 5) is 27.1. The zero-order chi connectivity index (χ0) is 27.2. The van der Waals surface area contributed by atoms with E-state index in [1.165, 1.54) is 29.6 Å². The Morgan fingerprint density at radius 1 is 1.10 bits per heavy atom. The number of carbonyl (C=O) groups excluding carboxylic acids is 2. The van der Waals surface area contributed by atoms with Crippen molar-refractivity contribution >= 4 is 34.5 Å². The zero-order valence-corrected chi connectivity index (χ0v) is 23.4. The number of nitrogens with one attached hydrogen (secondary N) is 1. The zero-order valence-electron chi connectivity index (χ0n) is 22.6. The average molecular weight is 553 g/mol. The van der Waals surface area contributed by atoms with Crippen molar-refractivity contribution in [3.05, 3.63) is 53.6 Å². The van der Waals surface area contributed by atoms with Crippen LogP contribution in [0.1, 0.15) is 56.6 Å². The lowest BCUT2D eigenvalue weighted by Gasteiger charge is -2.28. The van der Waals surface area contributed by atoms with Crippen molar-refractivity contribution in [2.24, 2.45) is 5.10 Å². The Kier molecular flexibility index (Phi) is 8.93. The van der Waals surface area contributed by atoms with Gasteiger partial charge in [-0.2, -0.15) is 5.10 Å². The van der Waals surface area contributed by atoms with Crippen molar-refractivity contribution in [1.29, 1.82) is 0 Å². The summed E-state index contributed by atoms with van der Waals surface area (Å²) in [7, 11) is 1.65. The van der Waals surface area contributed by atoms with Crippen LogP contribution in [0.3, 0.4) is 0 Å². The van der Waals surface area contributed by atoms with Gasteiger partial charge in [0, 0.05) is 17.0 Å². The highest BCUT2D eigenvalue weighted by atomic mass is 32.2. The van der Waals surface area contributed by atoms with Crippen molar-refractivity contribution in [2.45, 2.75) is 64.3 Å². The topological polar surface area (TPSA) is 92.7 Å². The summed E-state index contributed by atoms with van der Waals surface area (Å²) in [5.41, 5.74) is 3.41. The average Bonchev–Trinajstić information content (AvgIpc) is 3.66. The van der Waals surface area contributed by atoms with Crippen molar-refractivity contribution in [2.75, 3.05) is 30.9 Å². The van der Waals surface area contributed by atoms with Gasteiger partial charge in [0.1, 0.15) is 0 Å². The number of carbonyl (C=O) groups is 2.